The van der Waals surface area contributed by atoms with Gasteiger partial charge < -0.3 is 19.9 Å². The Balaban J connectivity index is 1.21. The number of likely N-dealkylation sites (N-methyl/N-ethyl adjacent to an activating group) is 1. The van der Waals surface area contributed by atoms with Gasteiger partial charge in [-0.2, -0.15) is 5.10 Å². The number of H-pyrrole nitrogens is 2. The van der Waals surface area contributed by atoms with E-state index in [0.717, 1.165) is 86.4 Å². The van der Waals surface area contributed by atoms with Gasteiger partial charge in [-0.3, -0.25) is 20.1 Å². The molecule has 0 bridgehead atoms. The van der Waals surface area contributed by atoms with Gasteiger partial charge in [-0.1, -0.05) is 6.42 Å². The molecule has 0 amide bonds. The summed E-state index contributed by atoms with van der Waals surface area (Å²) in [7, 11) is 4.02. The predicted molar refractivity (Wildman–Crippen MR) is 172 cm³/mol. The van der Waals surface area contributed by atoms with Crippen molar-refractivity contribution in [3.05, 3.63) is 73.2 Å². The molecule has 10 heteroatoms. The molecule has 44 heavy (non-hydrogen) atoms. The minimum Gasteiger partial charge on any atom is -0.489 e. The van der Waals surface area contributed by atoms with Crippen LogP contribution in [0.4, 0.5) is 10.1 Å². The number of nitrogens with zero attached hydrogens (tertiary/aromatic N) is 5. The highest BCUT2D eigenvalue weighted by Crippen LogP contribution is 2.36. The van der Waals surface area contributed by atoms with Crippen molar-refractivity contribution in [2.75, 3.05) is 32.5 Å². The van der Waals surface area contributed by atoms with E-state index in [2.05, 4.69) is 40.3 Å². The number of hydrogen-bond acceptors (Lipinski definition) is 7. The van der Waals surface area contributed by atoms with Crippen molar-refractivity contribution in [1.82, 2.24) is 35.0 Å². The quantitative estimate of drug-likeness (QED) is 0.166. The van der Waals surface area contributed by atoms with E-state index in [0.29, 0.717) is 6.54 Å². The Morgan fingerprint density at radius 1 is 0.886 bits per heavy atom. The molecular formula is C34H35FN8O. The standard InChI is InChI=1S/C34H35FN8O/c1-43(2)9-8-38-24-11-21(10-23(35)13-24)29-18-37-19-32-27(29)14-31(40-32)34-28-15-30(39-20-33(28)41-42-34)22-12-26(17-36-16-22)44-25-6-4-3-5-7-25/h10-20,25,38,40H,3-9H2,1-2H3,(H,41,42). The van der Waals surface area contributed by atoms with E-state index in [1.165, 1.54) is 25.3 Å². The largest absolute Gasteiger partial charge is 0.489 e. The second kappa shape index (κ2) is 12.0. The van der Waals surface area contributed by atoms with Crippen LogP contribution in [0, 0.1) is 5.82 Å². The molecule has 1 aromatic carbocycles. The normalized spacial score (nSPS) is 14.1. The fraction of sp³-hybridized carbons (Fsp3) is 0.294. The van der Waals surface area contributed by atoms with Crippen LogP contribution in [-0.2, 0) is 0 Å². The Kier molecular flexibility index (Phi) is 7.66. The molecule has 0 radical (unpaired) electrons. The van der Waals surface area contributed by atoms with Crippen molar-refractivity contribution in [2.45, 2.75) is 38.2 Å². The van der Waals surface area contributed by atoms with E-state index in [-0.39, 0.29) is 11.9 Å². The van der Waals surface area contributed by atoms with Gasteiger partial charge in [0, 0.05) is 53.1 Å². The summed E-state index contributed by atoms with van der Waals surface area (Å²) in [6.45, 7) is 1.55. The molecule has 9 nitrogen and oxygen atoms in total. The lowest BCUT2D eigenvalue weighted by Gasteiger charge is -2.22. The number of anilines is 1. The molecule has 6 aromatic rings. The fourth-order valence-electron chi connectivity index (χ4n) is 5.96. The Morgan fingerprint density at radius 3 is 2.61 bits per heavy atom. The summed E-state index contributed by atoms with van der Waals surface area (Å²) in [5.41, 5.74) is 7.24. The minimum absolute atomic E-state index is 0.247. The molecule has 7 rings (SSSR count). The average molecular weight is 591 g/mol. The van der Waals surface area contributed by atoms with Crippen LogP contribution in [0.15, 0.2) is 67.4 Å². The number of aromatic amines is 2. The van der Waals surface area contributed by atoms with Crippen LogP contribution in [0.1, 0.15) is 32.1 Å². The van der Waals surface area contributed by atoms with Crippen molar-refractivity contribution in [3.63, 3.8) is 0 Å². The third-order valence-corrected chi connectivity index (χ3v) is 8.21. The van der Waals surface area contributed by atoms with E-state index in [4.69, 9.17) is 4.74 Å². The highest BCUT2D eigenvalue weighted by Gasteiger charge is 2.18. The van der Waals surface area contributed by atoms with Crippen molar-refractivity contribution >= 4 is 27.5 Å². The highest BCUT2D eigenvalue weighted by molar-refractivity contribution is 6.01. The molecule has 3 N–H and O–H groups in total. The van der Waals surface area contributed by atoms with Crippen LogP contribution in [0.5, 0.6) is 5.75 Å². The Bertz CT molecular complexity index is 1920. The molecule has 224 valence electrons. The minimum atomic E-state index is -0.302. The molecular weight excluding hydrogens is 555 g/mol. The van der Waals surface area contributed by atoms with Crippen LogP contribution in [-0.4, -0.2) is 68.3 Å². The Morgan fingerprint density at radius 2 is 1.75 bits per heavy atom. The van der Waals surface area contributed by atoms with E-state index in [1.807, 2.05) is 44.6 Å². The lowest BCUT2D eigenvalue weighted by Crippen LogP contribution is -2.20. The smallest absolute Gasteiger partial charge is 0.138 e. The van der Waals surface area contributed by atoms with Crippen LogP contribution >= 0.6 is 0 Å². The molecule has 5 heterocycles. The first-order valence-electron chi connectivity index (χ1n) is 15.1. The fourth-order valence-corrected chi connectivity index (χ4v) is 5.96. The zero-order chi connectivity index (χ0) is 30.0. The summed E-state index contributed by atoms with van der Waals surface area (Å²) in [5.74, 6) is 0.469. The number of aromatic nitrogens is 6. The zero-order valence-electron chi connectivity index (χ0n) is 24.9. The summed E-state index contributed by atoms with van der Waals surface area (Å²) < 4.78 is 21.0. The summed E-state index contributed by atoms with van der Waals surface area (Å²) in [5, 5.41) is 12.9. The van der Waals surface area contributed by atoms with Crippen molar-refractivity contribution in [2.24, 2.45) is 0 Å². The number of hydrogen-bond donors (Lipinski definition) is 3. The monoisotopic (exact) mass is 590 g/mol. The molecule has 1 saturated carbocycles. The lowest BCUT2D eigenvalue weighted by atomic mass is 9.98. The first kappa shape index (κ1) is 28.0. The molecule has 0 saturated heterocycles. The number of benzene rings is 1. The number of nitrogens with one attached hydrogen (secondary N) is 3. The van der Waals surface area contributed by atoms with Crippen LogP contribution < -0.4 is 10.1 Å². The molecule has 0 aliphatic heterocycles. The Hall–Kier alpha value is -4.83. The van der Waals surface area contributed by atoms with Gasteiger partial charge in [-0.05, 0) is 81.7 Å². The number of halogens is 1. The lowest BCUT2D eigenvalue weighted by molar-refractivity contribution is 0.154. The van der Waals surface area contributed by atoms with Gasteiger partial charge >= 0.3 is 0 Å². The van der Waals surface area contributed by atoms with Crippen LogP contribution in [0.3, 0.4) is 0 Å². The first-order valence-corrected chi connectivity index (χ1v) is 15.1. The maximum absolute atomic E-state index is 14.7. The third-order valence-electron chi connectivity index (χ3n) is 8.21. The van der Waals surface area contributed by atoms with Gasteiger partial charge in [0.25, 0.3) is 0 Å². The summed E-state index contributed by atoms with van der Waals surface area (Å²) in [6.07, 6.45) is 15.1. The van der Waals surface area contributed by atoms with Crippen molar-refractivity contribution in [3.8, 4) is 39.5 Å². The molecule has 0 atom stereocenters. The van der Waals surface area contributed by atoms with Gasteiger partial charge in [0.15, 0.2) is 0 Å². The van der Waals surface area contributed by atoms with Gasteiger partial charge in [0.05, 0.1) is 47.1 Å². The van der Waals surface area contributed by atoms with Gasteiger partial charge in [-0.25, -0.2) is 4.39 Å². The number of pyridine rings is 3. The van der Waals surface area contributed by atoms with Gasteiger partial charge in [-0.15, -0.1) is 0 Å². The second-order valence-corrected chi connectivity index (χ2v) is 11.8. The topological polar surface area (TPSA) is 108 Å². The summed E-state index contributed by atoms with van der Waals surface area (Å²) in [4.78, 5) is 19.1. The number of fused-ring (bicyclic) bond motifs is 2. The molecule has 0 spiro atoms. The van der Waals surface area contributed by atoms with E-state index in [9.17, 15) is 4.39 Å². The van der Waals surface area contributed by atoms with E-state index >= 15 is 0 Å². The molecule has 0 unspecified atom stereocenters. The summed E-state index contributed by atoms with van der Waals surface area (Å²) in [6, 6.07) is 11.1. The maximum Gasteiger partial charge on any atom is 0.138 e. The SMILES string of the molecule is CN(C)CCNc1cc(F)cc(-c2cncc3[nH]c(-c4n[nH]c5cnc(-c6cncc(OC7CCCCC7)c6)cc45)cc23)c1. The molecule has 1 aliphatic rings. The van der Waals surface area contributed by atoms with Gasteiger partial charge in [0.2, 0.25) is 0 Å². The second-order valence-electron chi connectivity index (χ2n) is 11.8. The van der Waals surface area contributed by atoms with Crippen LogP contribution in [0.25, 0.3) is 55.6 Å². The number of ether oxygens (including phenoxy) is 1. The van der Waals surface area contributed by atoms with E-state index in [1.54, 1.807) is 30.9 Å². The molecule has 5 aromatic heterocycles. The third kappa shape index (κ3) is 5.85. The Labute approximate surface area is 254 Å². The van der Waals surface area contributed by atoms with Crippen molar-refractivity contribution < 1.29 is 9.13 Å². The molecule has 1 fully saturated rings. The van der Waals surface area contributed by atoms with Crippen molar-refractivity contribution in [1.29, 1.82) is 0 Å². The number of rotatable bonds is 9. The molecule has 1 aliphatic carbocycles. The zero-order valence-corrected chi connectivity index (χ0v) is 24.9. The average Bonchev–Trinajstić information content (AvgIpc) is 3.65. The maximum atomic E-state index is 14.7. The predicted octanol–water partition coefficient (Wildman–Crippen LogP) is 7.05. The van der Waals surface area contributed by atoms with E-state index < -0.39 is 0 Å². The van der Waals surface area contributed by atoms with Gasteiger partial charge in [0.1, 0.15) is 17.3 Å². The first-order chi connectivity index (χ1) is 21.5. The summed E-state index contributed by atoms with van der Waals surface area (Å²) >= 11 is 0. The van der Waals surface area contributed by atoms with Crippen LogP contribution in [0.2, 0.25) is 0 Å². The highest BCUT2D eigenvalue weighted by atomic mass is 19.1.